The average molecular weight is 205 g/mol. The fraction of sp³-hybridized carbons (Fsp3) is 0.417. The lowest BCUT2D eigenvalue weighted by atomic mass is 9.98. The number of carbonyl (C=O) groups is 1. The van der Waals surface area contributed by atoms with Crippen molar-refractivity contribution in [2.75, 3.05) is 0 Å². The van der Waals surface area contributed by atoms with Crippen LogP contribution in [0.3, 0.4) is 0 Å². The van der Waals surface area contributed by atoms with Gasteiger partial charge in [-0.25, -0.2) is 0 Å². The third-order valence-electron chi connectivity index (χ3n) is 3.00. The molecule has 0 amide bonds. The number of fused-ring (bicyclic) bond motifs is 1. The Hall–Kier alpha value is -1.35. The first-order chi connectivity index (χ1) is 7.18. The van der Waals surface area contributed by atoms with E-state index in [0.717, 1.165) is 18.4 Å². The van der Waals surface area contributed by atoms with Crippen molar-refractivity contribution in [3.63, 3.8) is 0 Å². The lowest BCUT2D eigenvalue weighted by Crippen LogP contribution is -2.32. The van der Waals surface area contributed by atoms with Gasteiger partial charge in [0, 0.05) is 0 Å². The summed E-state index contributed by atoms with van der Waals surface area (Å²) in [6.07, 6.45) is 3.80. The van der Waals surface area contributed by atoms with Gasteiger partial charge in [-0.1, -0.05) is 18.2 Å². The van der Waals surface area contributed by atoms with E-state index in [0.29, 0.717) is 6.42 Å². The van der Waals surface area contributed by atoms with E-state index in [4.69, 9.17) is 10.8 Å². The zero-order chi connectivity index (χ0) is 10.8. The molecular formula is C12H15NO2. The SMILES string of the molecule is NC(Cc1cccc2c1CCC2)C(=O)O. The Balaban J connectivity index is 2.22. The highest BCUT2D eigenvalue weighted by Gasteiger charge is 2.18. The molecule has 0 saturated carbocycles. The molecule has 0 saturated heterocycles. The van der Waals surface area contributed by atoms with Gasteiger partial charge in [0.1, 0.15) is 6.04 Å². The average Bonchev–Trinajstić information content (AvgIpc) is 2.66. The summed E-state index contributed by atoms with van der Waals surface area (Å²) in [4.78, 5) is 10.7. The van der Waals surface area contributed by atoms with Gasteiger partial charge in [0.15, 0.2) is 0 Å². The maximum atomic E-state index is 10.7. The monoisotopic (exact) mass is 205 g/mol. The van der Waals surface area contributed by atoms with Gasteiger partial charge >= 0.3 is 5.97 Å². The number of carboxylic acids is 1. The van der Waals surface area contributed by atoms with Crippen molar-refractivity contribution in [2.24, 2.45) is 5.73 Å². The van der Waals surface area contributed by atoms with Crippen molar-refractivity contribution >= 4 is 5.97 Å². The van der Waals surface area contributed by atoms with Crippen LogP contribution in [0.5, 0.6) is 0 Å². The Morgan fingerprint density at radius 2 is 2.27 bits per heavy atom. The largest absolute Gasteiger partial charge is 0.480 e. The third kappa shape index (κ3) is 2.02. The molecule has 3 nitrogen and oxygen atoms in total. The second kappa shape index (κ2) is 4.03. The van der Waals surface area contributed by atoms with Crippen LogP contribution in [0.1, 0.15) is 23.1 Å². The number of hydrogen-bond acceptors (Lipinski definition) is 2. The molecule has 1 atom stereocenters. The molecule has 3 heteroatoms. The minimum absolute atomic E-state index is 0.443. The molecule has 0 bridgehead atoms. The number of carboxylic acid groups (broad SMARTS) is 1. The highest BCUT2D eigenvalue weighted by molar-refractivity contribution is 5.73. The van der Waals surface area contributed by atoms with Gasteiger partial charge in [0.25, 0.3) is 0 Å². The Kier molecular flexibility index (Phi) is 2.73. The standard InChI is InChI=1S/C12H15NO2/c13-11(12(14)15)7-9-5-1-3-8-4-2-6-10(8)9/h1,3,5,11H,2,4,6-7,13H2,(H,14,15). The topological polar surface area (TPSA) is 63.3 Å². The molecule has 1 aromatic carbocycles. The lowest BCUT2D eigenvalue weighted by molar-refractivity contribution is -0.138. The Bertz CT molecular complexity index is 387. The summed E-state index contributed by atoms with van der Waals surface area (Å²) in [5.41, 5.74) is 9.35. The van der Waals surface area contributed by atoms with Crippen molar-refractivity contribution < 1.29 is 9.90 Å². The zero-order valence-electron chi connectivity index (χ0n) is 8.57. The molecule has 1 aromatic rings. The molecule has 2 rings (SSSR count). The van der Waals surface area contributed by atoms with E-state index in [-0.39, 0.29) is 0 Å². The van der Waals surface area contributed by atoms with E-state index >= 15 is 0 Å². The molecular weight excluding hydrogens is 190 g/mol. The Labute approximate surface area is 88.9 Å². The summed E-state index contributed by atoms with van der Waals surface area (Å²) < 4.78 is 0. The summed E-state index contributed by atoms with van der Waals surface area (Å²) >= 11 is 0. The molecule has 0 aromatic heterocycles. The zero-order valence-corrected chi connectivity index (χ0v) is 8.57. The fourth-order valence-electron chi connectivity index (χ4n) is 2.21. The highest BCUT2D eigenvalue weighted by atomic mass is 16.4. The minimum atomic E-state index is -0.925. The molecule has 3 N–H and O–H groups in total. The molecule has 0 aliphatic heterocycles. The van der Waals surface area contributed by atoms with Crippen molar-refractivity contribution in [2.45, 2.75) is 31.7 Å². The maximum absolute atomic E-state index is 10.7. The normalized spacial score (nSPS) is 16.1. The van der Waals surface area contributed by atoms with Gasteiger partial charge in [-0.05, 0) is 42.4 Å². The van der Waals surface area contributed by atoms with Gasteiger partial charge < -0.3 is 10.8 Å². The van der Waals surface area contributed by atoms with E-state index in [9.17, 15) is 4.79 Å². The van der Waals surface area contributed by atoms with Gasteiger partial charge in [-0.3, -0.25) is 4.79 Å². The van der Waals surface area contributed by atoms with Crippen molar-refractivity contribution in [1.29, 1.82) is 0 Å². The first-order valence-electron chi connectivity index (χ1n) is 5.26. The number of aliphatic carboxylic acids is 1. The molecule has 80 valence electrons. The molecule has 15 heavy (non-hydrogen) atoms. The third-order valence-corrected chi connectivity index (χ3v) is 3.00. The summed E-state index contributed by atoms with van der Waals surface area (Å²) in [7, 11) is 0. The Morgan fingerprint density at radius 3 is 3.00 bits per heavy atom. The highest BCUT2D eigenvalue weighted by Crippen LogP contribution is 2.25. The van der Waals surface area contributed by atoms with Crippen LogP contribution in [-0.4, -0.2) is 17.1 Å². The van der Waals surface area contributed by atoms with Crippen LogP contribution in [0, 0.1) is 0 Å². The maximum Gasteiger partial charge on any atom is 0.320 e. The first-order valence-corrected chi connectivity index (χ1v) is 5.26. The van der Waals surface area contributed by atoms with Crippen LogP contribution in [0.4, 0.5) is 0 Å². The smallest absolute Gasteiger partial charge is 0.320 e. The second-order valence-corrected chi connectivity index (χ2v) is 4.06. The predicted molar refractivity (Wildman–Crippen MR) is 57.8 cm³/mol. The van der Waals surface area contributed by atoms with Crippen LogP contribution in [0.15, 0.2) is 18.2 Å². The van der Waals surface area contributed by atoms with Crippen LogP contribution in [0.25, 0.3) is 0 Å². The molecule has 1 aliphatic rings. The minimum Gasteiger partial charge on any atom is -0.480 e. The van der Waals surface area contributed by atoms with Gasteiger partial charge in [0.2, 0.25) is 0 Å². The summed E-state index contributed by atoms with van der Waals surface area (Å²) in [5.74, 6) is -0.925. The van der Waals surface area contributed by atoms with Crippen molar-refractivity contribution in [3.05, 3.63) is 34.9 Å². The van der Waals surface area contributed by atoms with Gasteiger partial charge in [-0.15, -0.1) is 0 Å². The van der Waals surface area contributed by atoms with Gasteiger partial charge in [0.05, 0.1) is 0 Å². The molecule has 0 heterocycles. The van der Waals surface area contributed by atoms with Crippen LogP contribution in [0.2, 0.25) is 0 Å². The lowest BCUT2D eigenvalue weighted by Gasteiger charge is -2.10. The van der Waals surface area contributed by atoms with E-state index in [1.54, 1.807) is 0 Å². The van der Waals surface area contributed by atoms with E-state index in [2.05, 4.69) is 6.07 Å². The molecule has 0 radical (unpaired) electrons. The Morgan fingerprint density at radius 1 is 1.47 bits per heavy atom. The quantitative estimate of drug-likeness (QED) is 0.777. The fourth-order valence-corrected chi connectivity index (χ4v) is 2.21. The number of benzene rings is 1. The number of rotatable bonds is 3. The first kappa shape index (κ1) is 10.2. The molecule has 1 aliphatic carbocycles. The molecule has 0 fully saturated rings. The number of hydrogen-bond donors (Lipinski definition) is 2. The molecule has 1 unspecified atom stereocenters. The van der Waals surface area contributed by atoms with E-state index < -0.39 is 12.0 Å². The predicted octanol–water partition coefficient (Wildman–Crippen LogP) is 1.13. The van der Waals surface area contributed by atoms with Gasteiger partial charge in [-0.2, -0.15) is 0 Å². The summed E-state index contributed by atoms with van der Waals surface area (Å²) in [6, 6.07) is 5.33. The van der Waals surface area contributed by atoms with Crippen molar-refractivity contribution in [3.8, 4) is 0 Å². The van der Waals surface area contributed by atoms with Crippen molar-refractivity contribution in [1.82, 2.24) is 0 Å². The summed E-state index contributed by atoms with van der Waals surface area (Å²) in [6.45, 7) is 0. The van der Waals surface area contributed by atoms with E-state index in [1.807, 2.05) is 12.1 Å². The van der Waals surface area contributed by atoms with Crippen LogP contribution in [-0.2, 0) is 24.1 Å². The van der Waals surface area contributed by atoms with E-state index in [1.165, 1.54) is 17.5 Å². The number of nitrogens with two attached hydrogens (primary N) is 1. The van der Waals surface area contributed by atoms with Crippen LogP contribution >= 0.6 is 0 Å². The number of aryl methyl sites for hydroxylation is 1. The van der Waals surface area contributed by atoms with Crippen LogP contribution < -0.4 is 5.73 Å². The second-order valence-electron chi connectivity index (χ2n) is 4.06. The summed E-state index contributed by atoms with van der Waals surface area (Å²) in [5, 5.41) is 8.77. The molecule has 0 spiro atoms.